The van der Waals surface area contributed by atoms with Gasteiger partial charge in [0.2, 0.25) is 0 Å². The quantitative estimate of drug-likeness (QED) is 0.556. The molecule has 0 spiro atoms. The third kappa shape index (κ3) is 4.57. The molecule has 0 saturated heterocycles. The molecule has 0 N–H and O–H groups in total. The fraction of sp³-hybridized carbons (Fsp3) is 0.556. The summed E-state index contributed by atoms with van der Waals surface area (Å²) in [7, 11) is 19.7. The molecule has 0 saturated carbocycles. The van der Waals surface area contributed by atoms with Crippen molar-refractivity contribution in [3.63, 3.8) is 0 Å². The van der Waals surface area contributed by atoms with Crippen molar-refractivity contribution >= 4 is 0 Å². The van der Waals surface area contributed by atoms with E-state index in [1.165, 1.54) is 0 Å². The molecule has 13 heavy (non-hydrogen) atoms. The standard InChI is InChI=1S/C9H12O4/c1-10-5-9(6-11-2,7-12-3)8-13-4/h1-4H,5-8H2. The number of hydrogen-bond donors (Lipinski definition) is 0. The summed E-state index contributed by atoms with van der Waals surface area (Å²) in [4.78, 5) is 0. The Morgan fingerprint density at radius 1 is 0.615 bits per heavy atom. The van der Waals surface area contributed by atoms with Crippen LogP contribution in [0.25, 0.3) is 0 Å². The SMILES string of the molecule is [CH]OCC(CO[CH])(CO[CH])CO[CH]. The first kappa shape index (κ1) is 12.8. The van der Waals surface area contributed by atoms with Crippen LogP contribution in [0.2, 0.25) is 0 Å². The lowest BCUT2D eigenvalue weighted by Gasteiger charge is -2.30. The van der Waals surface area contributed by atoms with Crippen LogP contribution in [0.4, 0.5) is 0 Å². The van der Waals surface area contributed by atoms with E-state index in [0.29, 0.717) is 0 Å². The molecule has 8 radical (unpaired) electrons. The number of hydrogen-bond acceptors (Lipinski definition) is 4. The Balaban J connectivity index is 4.19. The summed E-state index contributed by atoms with van der Waals surface area (Å²) >= 11 is 0. The van der Waals surface area contributed by atoms with E-state index in [9.17, 15) is 0 Å². The first-order chi connectivity index (χ1) is 6.24. The lowest BCUT2D eigenvalue weighted by molar-refractivity contribution is -0.0523. The van der Waals surface area contributed by atoms with Crippen LogP contribution in [0.5, 0.6) is 0 Å². The Bertz CT molecular complexity index is 86.7. The zero-order valence-corrected chi connectivity index (χ0v) is 7.27. The number of rotatable bonds is 8. The van der Waals surface area contributed by atoms with Crippen LogP contribution < -0.4 is 0 Å². The van der Waals surface area contributed by atoms with E-state index in [1.54, 1.807) is 0 Å². The lowest BCUT2D eigenvalue weighted by atomic mass is 9.92. The van der Waals surface area contributed by atoms with E-state index in [1.807, 2.05) is 0 Å². The molecule has 0 aromatic heterocycles. The van der Waals surface area contributed by atoms with Crippen LogP contribution in [0.3, 0.4) is 0 Å². The van der Waals surface area contributed by atoms with Gasteiger partial charge in [-0.05, 0) is 0 Å². The molecule has 0 rings (SSSR count). The molecule has 0 unspecified atom stereocenters. The average Bonchev–Trinajstić information content (AvgIpc) is 2.06. The molecule has 0 fully saturated rings. The van der Waals surface area contributed by atoms with Gasteiger partial charge in [0.25, 0.3) is 0 Å². The molecule has 0 aromatic carbocycles. The number of ether oxygens (including phenoxy) is 4. The summed E-state index contributed by atoms with van der Waals surface area (Å²) in [5.74, 6) is 0. The fourth-order valence-corrected chi connectivity index (χ4v) is 0.957. The normalized spacial score (nSPS) is 12.0. The minimum atomic E-state index is -0.688. The highest BCUT2D eigenvalue weighted by Gasteiger charge is 2.31. The highest BCUT2D eigenvalue weighted by atomic mass is 16.5. The summed E-state index contributed by atoms with van der Waals surface area (Å²) in [5.41, 5.74) is -0.688. The van der Waals surface area contributed by atoms with Gasteiger partial charge in [-0.3, -0.25) is 0 Å². The fourth-order valence-electron chi connectivity index (χ4n) is 0.957. The van der Waals surface area contributed by atoms with Gasteiger partial charge in [0.05, 0.1) is 31.8 Å². The first-order valence-corrected chi connectivity index (χ1v) is 3.51. The van der Waals surface area contributed by atoms with Crippen LogP contribution in [0, 0.1) is 33.9 Å². The molecule has 0 bridgehead atoms. The smallest absolute Gasteiger partial charge is 0.115 e. The molecule has 0 amide bonds. The van der Waals surface area contributed by atoms with Crippen molar-refractivity contribution in [2.75, 3.05) is 26.4 Å². The third-order valence-electron chi connectivity index (χ3n) is 1.56. The van der Waals surface area contributed by atoms with Crippen molar-refractivity contribution in [2.24, 2.45) is 5.41 Å². The molecule has 72 valence electrons. The van der Waals surface area contributed by atoms with Crippen molar-refractivity contribution in [3.8, 4) is 0 Å². The van der Waals surface area contributed by atoms with Gasteiger partial charge in [-0.2, -0.15) is 0 Å². The predicted octanol–water partition coefficient (Wildman–Crippen LogP) is 0.714. The van der Waals surface area contributed by atoms with E-state index in [-0.39, 0.29) is 26.4 Å². The van der Waals surface area contributed by atoms with Crippen molar-refractivity contribution in [1.82, 2.24) is 0 Å². The van der Waals surface area contributed by atoms with E-state index in [0.717, 1.165) is 0 Å². The van der Waals surface area contributed by atoms with Crippen molar-refractivity contribution in [2.45, 2.75) is 0 Å². The Labute approximate surface area is 80.1 Å². The van der Waals surface area contributed by atoms with Gasteiger partial charge in [-0.15, -0.1) is 0 Å². The monoisotopic (exact) mass is 184 g/mol. The van der Waals surface area contributed by atoms with Crippen LogP contribution >= 0.6 is 0 Å². The lowest BCUT2D eigenvalue weighted by Crippen LogP contribution is -2.39. The molecule has 4 heteroatoms. The molecular weight excluding hydrogens is 172 g/mol. The van der Waals surface area contributed by atoms with Crippen LogP contribution in [-0.2, 0) is 18.9 Å². The van der Waals surface area contributed by atoms with E-state index in [4.69, 9.17) is 28.4 Å². The van der Waals surface area contributed by atoms with E-state index >= 15 is 0 Å². The van der Waals surface area contributed by atoms with Gasteiger partial charge in [0, 0.05) is 0 Å². The zero-order chi connectivity index (χ0) is 10.2. The first-order valence-electron chi connectivity index (χ1n) is 3.51. The largest absolute Gasteiger partial charge is 0.372 e. The Morgan fingerprint density at radius 3 is 1.00 bits per heavy atom. The predicted molar refractivity (Wildman–Crippen MR) is 43.4 cm³/mol. The second kappa shape index (κ2) is 7.26. The van der Waals surface area contributed by atoms with Crippen LogP contribution in [0.1, 0.15) is 0 Å². The van der Waals surface area contributed by atoms with E-state index < -0.39 is 5.41 Å². The highest BCUT2D eigenvalue weighted by molar-refractivity contribution is 4.79. The molecule has 0 aliphatic heterocycles. The van der Waals surface area contributed by atoms with Crippen LogP contribution in [-0.4, -0.2) is 26.4 Å². The van der Waals surface area contributed by atoms with Crippen molar-refractivity contribution in [3.05, 3.63) is 28.4 Å². The molecule has 0 aromatic rings. The molecule has 0 aliphatic carbocycles. The van der Waals surface area contributed by atoms with Crippen LogP contribution in [0.15, 0.2) is 0 Å². The Morgan fingerprint density at radius 2 is 0.846 bits per heavy atom. The Kier molecular flexibility index (Phi) is 7.17. The van der Waals surface area contributed by atoms with E-state index in [2.05, 4.69) is 18.9 Å². The van der Waals surface area contributed by atoms with Gasteiger partial charge >= 0.3 is 0 Å². The summed E-state index contributed by atoms with van der Waals surface area (Å²) in [5, 5.41) is 0. The average molecular weight is 184 g/mol. The Hall–Kier alpha value is -0.160. The summed E-state index contributed by atoms with van der Waals surface area (Å²) in [6.45, 7) is 0.439. The minimum absolute atomic E-state index is 0.110. The van der Waals surface area contributed by atoms with Gasteiger partial charge in [0.15, 0.2) is 0 Å². The molecule has 0 aliphatic rings. The van der Waals surface area contributed by atoms with Crippen molar-refractivity contribution in [1.29, 1.82) is 0 Å². The second-order valence-corrected chi connectivity index (χ2v) is 2.74. The maximum atomic E-state index is 4.92. The molecule has 0 heterocycles. The maximum absolute atomic E-state index is 4.92. The topological polar surface area (TPSA) is 36.9 Å². The summed E-state index contributed by atoms with van der Waals surface area (Å²) in [6.07, 6.45) is 0. The second-order valence-electron chi connectivity index (χ2n) is 2.74. The maximum Gasteiger partial charge on any atom is 0.115 e. The van der Waals surface area contributed by atoms with Gasteiger partial charge < -0.3 is 18.9 Å². The van der Waals surface area contributed by atoms with Gasteiger partial charge in [0.1, 0.15) is 28.4 Å². The van der Waals surface area contributed by atoms with Gasteiger partial charge in [-0.25, -0.2) is 0 Å². The summed E-state index contributed by atoms with van der Waals surface area (Å²) in [6, 6.07) is 0. The third-order valence-corrected chi connectivity index (χ3v) is 1.56. The molecule has 4 nitrogen and oxygen atoms in total. The molecular formula is C9H12O4. The minimum Gasteiger partial charge on any atom is -0.372 e. The molecule has 0 atom stereocenters. The highest BCUT2D eigenvalue weighted by Crippen LogP contribution is 2.19. The van der Waals surface area contributed by atoms with Crippen molar-refractivity contribution < 1.29 is 18.9 Å². The zero-order valence-electron chi connectivity index (χ0n) is 7.27. The van der Waals surface area contributed by atoms with Gasteiger partial charge in [-0.1, -0.05) is 0 Å². The summed E-state index contributed by atoms with van der Waals surface area (Å²) < 4.78 is 17.8.